The fourth-order valence-corrected chi connectivity index (χ4v) is 2.10. The molecule has 2 rings (SSSR count). The molecule has 19 heavy (non-hydrogen) atoms. The second kappa shape index (κ2) is 5.96. The summed E-state index contributed by atoms with van der Waals surface area (Å²) in [5.41, 5.74) is 12.9. The van der Waals surface area contributed by atoms with Crippen molar-refractivity contribution < 1.29 is 0 Å². The monoisotopic (exact) mass is 258 g/mol. The lowest BCUT2D eigenvalue weighted by Gasteiger charge is -2.33. The Morgan fingerprint density at radius 1 is 1.26 bits per heavy atom. The van der Waals surface area contributed by atoms with Gasteiger partial charge in [0.15, 0.2) is 12.2 Å². The summed E-state index contributed by atoms with van der Waals surface area (Å²) in [7, 11) is 0. The highest BCUT2D eigenvalue weighted by atomic mass is 15.3. The van der Waals surface area contributed by atoms with E-state index in [9.17, 15) is 0 Å². The number of guanidine groups is 1. The number of anilines is 1. The van der Waals surface area contributed by atoms with E-state index < -0.39 is 0 Å². The molecule has 100 valence electrons. The predicted molar refractivity (Wildman–Crippen MR) is 75.4 cm³/mol. The van der Waals surface area contributed by atoms with Crippen molar-refractivity contribution in [3.05, 3.63) is 29.8 Å². The number of hydrogen-bond acceptors (Lipinski definition) is 4. The van der Waals surface area contributed by atoms with Crippen molar-refractivity contribution in [3.63, 3.8) is 0 Å². The summed E-state index contributed by atoms with van der Waals surface area (Å²) < 4.78 is 0. The van der Waals surface area contributed by atoms with E-state index in [1.807, 2.05) is 12.1 Å². The standard InChI is InChI=1S/C13H18N6/c14-10-18-4-6-19(7-5-18)12-3-1-2-11(8-12)9-17-13(15)16/h1-3,8H,4-7,9H2,(H4,15,16,17). The molecule has 0 amide bonds. The zero-order chi connectivity index (χ0) is 13.7. The fourth-order valence-electron chi connectivity index (χ4n) is 2.10. The molecule has 6 nitrogen and oxygen atoms in total. The Bertz CT molecular complexity index is 492. The number of nitrogens with zero attached hydrogens (tertiary/aromatic N) is 4. The zero-order valence-corrected chi connectivity index (χ0v) is 10.8. The molecule has 0 aromatic heterocycles. The molecule has 1 aliphatic rings. The van der Waals surface area contributed by atoms with Crippen LogP contribution in [0.4, 0.5) is 5.69 Å². The zero-order valence-electron chi connectivity index (χ0n) is 10.8. The number of nitrogens with two attached hydrogens (primary N) is 2. The molecule has 4 N–H and O–H groups in total. The van der Waals surface area contributed by atoms with Gasteiger partial charge in [0.1, 0.15) is 0 Å². The topological polar surface area (TPSA) is 94.7 Å². The molecule has 0 radical (unpaired) electrons. The largest absolute Gasteiger partial charge is 0.370 e. The molecule has 0 spiro atoms. The van der Waals surface area contributed by atoms with E-state index in [0.717, 1.165) is 37.4 Å². The lowest BCUT2D eigenvalue weighted by atomic mass is 10.1. The van der Waals surface area contributed by atoms with Gasteiger partial charge in [0.05, 0.1) is 6.54 Å². The Kier molecular flexibility index (Phi) is 4.08. The molecule has 0 saturated carbocycles. The Morgan fingerprint density at radius 2 is 2.00 bits per heavy atom. The second-order valence-electron chi connectivity index (χ2n) is 4.49. The third-order valence-corrected chi connectivity index (χ3v) is 3.14. The highest BCUT2D eigenvalue weighted by Gasteiger charge is 2.15. The molecular formula is C13H18N6. The maximum atomic E-state index is 8.83. The molecule has 0 atom stereocenters. The minimum Gasteiger partial charge on any atom is -0.370 e. The van der Waals surface area contributed by atoms with Crippen molar-refractivity contribution in [2.75, 3.05) is 31.1 Å². The van der Waals surface area contributed by atoms with Crippen LogP contribution < -0.4 is 16.4 Å². The van der Waals surface area contributed by atoms with Crippen molar-refractivity contribution in [1.29, 1.82) is 5.26 Å². The first kappa shape index (κ1) is 13.0. The van der Waals surface area contributed by atoms with Gasteiger partial charge in [0.25, 0.3) is 0 Å². The minimum absolute atomic E-state index is 0.105. The van der Waals surface area contributed by atoms with Crippen LogP contribution in [0.3, 0.4) is 0 Å². The summed E-state index contributed by atoms with van der Waals surface area (Å²) in [5, 5.41) is 8.83. The molecule has 1 aromatic carbocycles. The van der Waals surface area contributed by atoms with Crippen LogP contribution in [-0.4, -0.2) is 37.0 Å². The van der Waals surface area contributed by atoms with E-state index in [4.69, 9.17) is 16.7 Å². The maximum Gasteiger partial charge on any atom is 0.186 e. The number of nitriles is 1. The Balaban J connectivity index is 2.03. The molecule has 1 aliphatic heterocycles. The van der Waals surface area contributed by atoms with Crippen LogP contribution in [0.2, 0.25) is 0 Å². The van der Waals surface area contributed by atoms with Gasteiger partial charge in [-0.3, -0.25) is 0 Å². The van der Waals surface area contributed by atoms with Gasteiger partial charge in [-0.15, -0.1) is 0 Å². The van der Waals surface area contributed by atoms with Crippen LogP contribution in [0.15, 0.2) is 29.3 Å². The maximum absolute atomic E-state index is 8.83. The Labute approximate surface area is 112 Å². The summed E-state index contributed by atoms with van der Waals surface area (Å²) >= 11 is 0. The molecule has 6 heteroatoms. The molecule has 1 fully saturated rings. The summed E-state index contributed by atoms with van der Waals surface area (Å²) in [6.07, 6.45) is 2.18. The minimum atomic E-state index is 0.105. The lowest BCUT2D eigenvalue weighted by Crippen LogP contribution is -2.44. The van der Waals surface area contributed by atoms with Gasteiger partial charge >= 0.3 is 0 Å². The first-order valence-corrected chi connectivity index (χ1v) is 6.23. The van der Waals surface area contributed by atoms with Gasteiger partial charge in [-0.2, -0.15) is 5.26 Å². The fraction of sp³-hybridized carbons (Fsp3) is 0.385. The van der Waals surface area contributed by atoms with E-state index in [2.05, 4.69) is 28.2 Å². The summed E-state index contributed by atoms with van der Waals surface area (Å²) in [4.78, 5) is 8.06. The molecule has 0 aliphatic carbocycles. The van der Waals surface area contributed by atoms with Crippen LogP contribution in [0.25, 0.3) is 0 Å². The average molecular weight is 258 g/mol. The van der Waals surface area contributed by atoms with Gasteiger partial charge in [0.2, 0.25) is 0 Å². The van der Waals surface area contributed by atoms with Crippen LogP contribution >= 0.6 is 0 Å². The Morgan fingerprint density at radius 3 is 2.63 bits per heavy atom. The molecular weight excluding hydrogens is 240 g/mol. The van der Waals surface area contributed by atoms with E-state index >= 15 is 0 Å². The first-order valence-electron chi connectivity index (χ1n) is 6.23. The highest BCUT2D eigenvalue weighted by molar-refractivity contribution is 5.75. The Hall–Kier alpha value is -2.42. The number of aliphatic imine (C=N–C) groups is 1. The van der Waals surface area contributed by atoms with Crippen molar-refractivity contribution in [3.8, 4) is 6.19 Å². The highest BCUT2D eigenvalue weighted by Crippen LogP contribution is 2.18. The normalized spacial score (nSPS) is 14.9. The number of piperazine rings is 1. The van der Waals surface area contributed by atoms with Crippen molar-refractivity contribution in [1.82, 2.24) is 4.90 Å². The lowest BCUT2D eigenvalue weighted by molar-refractivity contribution is 0.363. The first-order chi connectivity index (χ1) is 9.19. The molecule has 0 unspecified atom stereocenters. The van der Waals surface area contributed by atoms with Gasteiger partial charge in [-0.05, 0) is 17.7 Å². The van der Waals surface area contributed by atoms with Gasteiger partial charge in [-0.1, -0.05) is 12.1 Å². The van der Waals surface area contributed by atoms with Crippen LogP contribution in [0.1, 0.15) is 5.56 Å². The summed E-state index contributed by atoms with van der Waals surface area (Å²) in [5.74, 6) is 0.105. The number of rotatable bonds is 3. The predicted octanol–water partition coefficient (Wildman–Crippen LogP) is 0.0631. The average Bonchev–Trinajstić information content (AvgIpc) is 2.45. The molecule has 1 heterocycles. The van der Waals surface area contributed by atoms with Gasteiger partial charge in [-0.25, -0.2) is 4.99 Å². The third kappa shape index (κ3) is 3.52. The summed E-state index contributed by atoms with van der Waals surface area (Å²) in [6.45, 7) is 3.76. The smallest absolute Gasteiger partial charge is 0.186 e. The number of hydrogen-bond donors (Lipinski definition) is 2. The van der Waals surface area contributed by atoms with E-state index in [0.29, 0.717) is 6.54 Å². The van der Waals surface area contributed by atoms with Crippen LogP contribution in [0.5, 0.6) is 0 Å². The number of benzene rings is 1. The summed E-state index contributed by atoms with van der Waals surface area (Å²) in [6, 6.07) is 8.17. The molecule has 1 aromatic rings. The molecule has 1 saturated heterocycles. The van der Waals surface area contributed by atoms with Crippen molar-refractivity contribution in [2.24, 2.45) is 16.5 Å². The van der Waals surface area contributed by atoms with E-state index in [1.54, 1.807) is 4.90 Å². The van der Waals surface area contributed by atoms with Gasteiger partial charge in [0, 0.05) is 31.9 Å². The van der Waals surface area contributed by atoms with Gasteiger partial charge < -0.3 is 21.3 Å². The SMILES string of the molecule is N#CN1CCN(c2cccc(CN=C(N)N)c2)CC1. The quantitative estimate of drug-likeness (QED) is 0.454. The second-order valence-corrected chi connectivity index (χ2v) is 4.49. The van der Waals surface area contributed by atoms with Crippen LogP contribution in [-0.2, 0) is 6.54 Å². The van der Waals surface area contributed by atoms with Crippen molar-refractivity contribution >= 4 is 11.6 Å². The van der Waals surface area contributed by atoms with Crippen LogP contribution in [0, 0.1) is 11.5 Å². The van der Waals surface area contributed by atoms with E-state index in [1.165, 1.54) is 0 Å². The van der Waals surface area contributed by atoms with E-state index in [-0.39, 0.29) is 5.96 Å². The third-order valence-electron chi connectivity index (χ3n) is 3.14. The molecule has 0 bridgehead atoms. The van der Waals surface area contributed by atoms with Crippen molar-refractivity contribution in [2.45, 2.75) is 6.54 Å².